The van der Waals surface area contributed by atoms with Gasteiger partial charge in [0.05, 0.1) is 0 Å². The van der Waals surface area contributed by atoms with Crippen molar-refractivity contribution in [2.45, 2.75) is 45.5 Å². The highest BCUT2D eigenvalue weighted by Crippen LogP contribution is 2.12. The van der Waals surface area contributed by atoms with Gasteiger partial charge in [-0.1, -0.05) is 0 Å². The SMILES string of the molecule is C[C@H](NS(=O)(=O)NCC(F)(F)F)C(=O)OC(C)(C)C. The molecule has 0 aromatic rings. The Morgan fingerprint density at radius 3 is 2.11 bits per heavy atom. The summed E-state index contributed by atoms with van der Waals surface area (Å²) in [6.45, 7) is 4.18. The summed E-state index contributed by atoms with van der Waals surface area (Å²) in [6, 6.07) is -1.30. The molecule has 19 heavy (non-hydrogen) atoms. The molecule has 0 aliphatic carbocycles. The predicted octanol–water partition coefficient (Wildman–Crippen LogP) is 0.703. The van der Waals surface area contributed by atoms with Gasteiger partial charge in [-0.15, -0.1) is 0 Å². The zero-order valence-corrected chi connectivity index (χ0v) is 11.8. The maximum atomic E-state index is 11.9. The van der Waals surface area contributed by atoms with E-state index in [1.165, 1.54) is 11.6 Å². The first kappa shape index (κ1) is 18.1. The molecule has 0 fully saturated rings. The quantitative estimate of drug-likeness (QED) is 0.732. The van der Waals surface area contributed by atoms with Crippen molar-refractivity contribution in [1.29, 1.82) is 0 Å². The van der Waals surface area contributed by atoms with Crippen molar-refractivity contribution in [3.05, 3.63) is 0 Å². The molecule has 6 nitrogen and oxygen atoms in total. The fraction of sp³-hybridized carbons (Fsp3) is 0.889. The zero-order valence-electron chi connectivity index (χ0n) is 11.0. The second-order valence-electron chi connectivity index (χ2n) is 4.81. The molecule has 2 N–H and O–H groups in total. The Labute approximate surface area is 109 Å². The van der Waals surface area contributed by atoms with Crippen LogP contribution in [0.1, 0.15) is 27.7 Å². The standard InChI is InChI=1S/C9H17F3N2O4S/c1-6(7(15)18-8(2,3)4)14-19(16,17)13-5-9(10,11)12/h6,13-14H,5H2,1-4H3/t6-/m0/s1. The number of carbonyl (C=O) groups excluding carboxylic acids is 1. The highest BCUT2D eigenvalue weighted by Gasteiger charge is 2.31. The summed E-state index contributed by atoms with van der Waals surface area (Å²) < 4.78 is 65.9. The Morgan fingerprint density at radius 2 is 1.74 bits per heavy atom. The van der Waals surface area contributed by atoms with Gasteiger partial charge < -0.3 is 4.74 Å². The minimum Gasteiger partial charge on any atom is -0.459 e. The number of hydrogen-bond donors (Lipinski definition) is 2. The molecule has 0 saturated carbocycles. The van der Waals surface area contributed by atoms with E-state index in [9.17, 15) is 26.4 Å². The lowest BCUT2D eigenvalue weighted by molar-refractivity contribution is -0.156. The van der Waals surface area contributed by atoms with Crippen molar-refractivity contribution in [3.63, 3.8) is 0 Å². The molecule has 0 bridgehead atoms. The summed E-state index contributed by atoms with van der Waals surface area (Å²) >= 11 is 0. The molecular weight excluding hydrogens is 289 g/mol. The summed E-state index contributed by atoms with van der Waals surface area (Å²) in [5.41, 5.74) is -0.823. The van der Waals surface area contributed by atoms with E-state index in [0.29, 0.717) is 0 Å². The van der Waals surface area contributed by atoms with Gasteiger partial charge in [-0.25, -0.2) is 0 Å². The second kappa shape index (κ2) is 6.06. The molecule has 0 saturated heterocycles. The first-order chi connectivity index (χ1) is 8.22. The van der Waals surface area contributed by atoms with Gasteiger partial charge in [0.25, 0.3) is 10.2 Å². The van der Waals surface area contributed by atoms with E-state index < -0.39 is 40.5 Å². The van der Waals surface area contributed by atoms with Crippen molar-refractivity contribution in [1.82, 2.24) is 9.44 Å². The molecule has 0 aliphatic rings. The van der Waals surface area contributed by atoms with E-state index in [4.69, 9.17) is 4.74 Å². The predicted molar refractivity (Wildman–Crippen MR) is 61.4 cm³/mol. The van der Waals surface area contributed by atoms with Crippen LogP contribution >= 0.6 is 0 Å². The molecule has 0 unspecified atom stereocenters. The minimum absolute atomic E-state index is 0.823. The lowest BCUT2D eigenvalue weighted by atomic mass is 10.2. The monoisotopic (exact) mass is 306 g/mol. The summed E-state index contributed by atoms with van der Waals surface area (Å²) in [5, 5.41) is 0. The third-order valence-electron chi connectivity index (χ3n) is 1.55. The fourth-order valence-corrected chi connectivity index (χ4v) is 1.89. The van der Waals surface area contributed by atoms with Crippen LogP contribution in [0.5, 0.6) is 0 Å². The average Bonchev–Trinajstić information content (AvgIpc) is 2.10. The van der Waals surface area contributed by atoms with Crippen molar-refractivity contribution in [2.24, 2.45) is 0 Å². The topological polar surface area (TPSA) is 84.5 Å². The van der Waals surface area contributed by atoms with Gasteiger partial charge in [0.15, 0.2) is 0 Å². The summed E-state index contributed by atoms with van der Waals surface area (Å²) in [5.74, 6) is -0.884. The van der Waals surface area contributed by atoms with Gasteiger partial charge in [-0.3, -0.25) is 4.79 Å². The molecule has 1 atom stereocenters. The largest absolute Gasteiger partial charge is 0.459 e. The van der Waals surface area contributed by atoms with Gasteiger partial charge >= 0.3 is 12.1 Å². The maximum Gasteiger partial charge on any atom is 0.402 e. The number of carbonyl (C=O) groups is 1. The lowest BCUT2D eigenvalue weighted by Gasteiger charge is -2.22. The number of alkyl halides is 3. The Kier molecular flexibility index (Phi) is 5.78. The number of esters is 1. The van der Waals surface area contributed by atoms with Gasteiger partial charge in [0, 0.05) is 0 Å². The van der Waals surface area contributed by atoms with Crippen molar-refractivity contribution in [3.8, 4) is 0 Å². The van der Waals surface area contributed by atoms with Crippen molar-refractivity contribution >= 4 is 16.2 Å². The first-order valence-electron chi connectivity index (χ1n) is 5.28. The number of halogens is 3. The molecule has 0 aromatic heterocycles. The van der Waals surface area contributed by atoms with E-state index in [-0.39, 0.29) is 0 Å². The molecule has 0 spiro atoms. The van der Waals surface area contributed by atoms with Crippen LogP contribution in [-0.2, 0) is 19.7 Å². The van der Waals surface area contributed by atoms with Gasteiger partial charge in [0.2, 0.25) is 0 Å². The summed E-state index contributed by atoms with van der Waals surface area (Å²) in [7, 11) is -4.44. The molecule has 114 valence electrons. The number of nitrogens with one attached hydrogen (secondary N) is 2. The van der Waals surface area contributed by atoms with Gasteiger partial charge in [0.1, 0.15) is 18.2 Å². The lowest BCUT2D eigenvalue weighted by Crippen LogP contribution is -2.48. The van der Waals surface area contributed by atoms with Crippen molar-refractivity contribution in [2.75, 3.05) is 6.54 Å². The van der Waals surface area contributed by atoms with Crippen molar-refractivity contribution < 1.29 is 31.1 Å². The maximum absolute atomic E-state index is 11.9. The van der Waals surface area contributed by atoms with Crippen LogP contribution in [0, 0.1) is 0 Å². The Hall–Kier alpha value is -0.870. The van der Waals surface area contributed by atoms with Crippen LogP contribution in [0.25, 0.3) is 0 Å². The van der Waals surface area contributed by atoms with Crippen LogP contribution < -0.4 is 9.44 Å². The summed E-state index contributed by atoms with van der Waals surface area (Å²) in [4.78, 5) is 11.4. The van der Waals surface area contributed by atoms with Crippen LogP contribution in [0.4, 0.5) is 13.2 Å². The Bertz CT molecular complexity index is 414. The third kappa shape index (κ3) is 9.68. The van der Waals surface area contributed by atoms with E-state index in [0.717, 1.165) is 0 Å². The third-order valence-corrected chi connectivity index (χ3v) is 2.74. The minimum atomic E-state index is -4.68. The van der Waals surface area contributed by atoms with Crippen LogP contribution in [0.2, 0.25) is 0 Å². The number of ether oxygens (including phenoxy) is 1. The fourth-order valence-electron chi connectivity index (χ4n) is 0.890. The van der Waals surface area contributed by atoms with E-state index in [1.54, 1.807) is 25.5 Å². The van der Waals surface area contributed by atoms with E-state index >= 15 is 0 Å². The highest BCUT2D eigenvalue weighted by atomic mass is 32.2. The molecule has 0 rings (SSSR count). The molecular formula is C9H17F3N2O4S. The van der Waals surface area contributed by atoms with Gasteiger partial charge in [-0.2, -0.15) is 31.0 Å². The number of rotatable bonds is 5. The second-order valence-corrected chi connectivity index (χ2v) is 6.34. The van der Waals surface area contributed by atoms with E-state index in [2.05, 4.69) is 0 Å². The number of hydrogen-bond acceptors (Lipinski definition) is 4. The normalized spacial score (nSPS) is 15.1. The van der Waals surface area contributed by atoms with Crippen LogP contribution in [-0.4, -0.2) is 38.8 Å². The zero-order chi connectivity index (χ0) is 15.5. The molecule has 0 heterocycles. The molecule has 0 aliphatic heterocycles. The highest BCUT2D eigenvalue weighted by molar-refractivity contribution is 7.87. The van der Waals surface area contributed by atoms with E-state index in [1.807, 2.05) is 0 Å². The molecule has 10 heteroatoms. The summed E-state index contributed by atoms with van der Waals surface area (Å²) in [6.07, 6.45) is -4.68. The average molecular weight is 306 g/mol. The van der Waals surface area contributed by atoms with Crippen LogP contribution in [0.3, 0.4) is 0 Å². The van der Waals surface area contributed by atoms with Crippen LogP contribution in [0.15, 0.2) is 0 Å². The smallest absolute Gasteiger partial charge is 0.402 e. The van der Waals surface area contributed by atoms with Gasteiger partial charge in [-0.05, 0) is 27.7 Å². The molecule has 0 amide bonds. The Morgan fingerprint density at radius 1 is 1.26 bits per heavy atom. The molecule has 0 radical (unpaired) electrons. The molecule has 0 aromatic carbocycles. The Balaban J connectivity index is 4.47. The first-order valence-corrected chi connectivity index (χ1v) is 6.77.